The second kappa shape index (κ2) is 5.51. The van der Waals surface area contributed by atoms with Crippen molar-refractivity contribution in [3.8, 4) is 0 Å². The molecule has 0 bridgehead atoms. The molecule has 0 saturated carbocycles. The molecule has 1 amide bonds. The molecule has 0 fully saturated rings. The van der Waals surface area contributed by atoms with E-state index in [9.17, 15) is 4.79 Å². The number of halogens is 1. The van der Waals surface area contributed by atoms with Crippen molar-refractivity contribution in [1.29, 1.82) is 0 Å². The first-order chi connectivity index (χ1) is 10.0. The summed E-state index contributed by atoms with van der Waals surface area (Å²) in [7, 11) is 0. The van der Waals surface area contributed by atoms with Gasteiger partial charge in [-0.1, -0.05) is 41.9 Å². The highest BCUT2D eigenvalue weighted by Gasteiger charge is 2.21. The Morgan fingerprint density at radius 3 is 2.86 bits per heavy atom. The number of aryl methyl sites for hydroxylation is 1. The van der Waals surface area contributed by atoms with Crippen molar-refractivity contribution in [2.75, 3.05) is 5.32 Å². The maximum Gasteiger partial charge on any atom is 0.228 e. The average Bonchev–Trinajstić information content (AvgIpc) is 2.79. The number of benzene rings is 2. The van der Waals surface area contributed by atoms with Crippen LogP contribution in [0.4, 0.5) is 5.69 Å². The number of carbonyl (C=O) groups is 1. The largest absolute Gasteiger partial charge is 0.325 e. The van der Waals surface area contributed by atoms with Gasteiger partial charge < -0.3 is 11.1 Å². The van der Waals surface area contributed by atoms with Crippen molar-refractivity contribution in [1.82, 2.24) is 0 Å². The van der Waals surface area contributed by atoms with Crippen molar-refractivity contribution >= 4 is 23.2 Å². The van der Waals surface area contributed by atoms with E-state index in [4.69, 9.17) is 17.3 Å². The van der Waals surface area contributed by atoms with Crippen LogP contribution in [0, 0.1) is 6.92 Å². The van der Waals surface area contributed by atoms with Gasteiger partial charge >= 0.3 is 0 Å². The number of anilines is 1. The van der Waals surface area contributed by atoms with Gasteiger partial charge in [-0.05, 0) is 41.7 Å². The van der Waals surface area contributed by atoms with Crippen molar-refractivity contribution < 1.29 is 4.79 Å². The van der Waals surface area contributed by atoms with E-state index in [1.54, 1.807) is 6.07 Å². The van der Waals surface area contributed by atoms with Crippen LogP contribution in [0.1, 0.15) is 28.3 Å². The number of hydrogen-bond donors (Lipinski definition) is 2. The molecule has 108 valence electrons. The van der Waals surface area contributed by atoms with Gasteiger partial charge in [-0.15, -0.1) is 0 Å². The number of nitrogens with one attached hydrogen (secondary N) is 1. The summed E-state index contributed by atoms with van der Waals surface area (Å²) >= 11 is 6.33. The van der Waals surface area contributed by atoms with Crippen molar-refractivity contribution in [3.05, 3.63) is 63.7 Å². The highest BCUT2D eigenvalue weighted by atomic mass is 35.5. The minimum Gasteiger partial charge on any atom is -0.325 e. The first-order valence-corrected chi connectivity index (χ1v) is 7.34. The Hall–Kier alpha value is -1.84. The molecule has 21 heavy (non-hydrogen) atoms. The van der Waals surface area contributed by atoms with Crippen LogP contribution in [0.15, 0.2) is 36.4 Å². The summed E-state index contributed by atoms with van der Waals surface area (Å²) in [5.74, 6) is 0.00527. The molecule has 2 aromatic rings. The van der Waals surface area contributed by atoms with Crippen LogP contribution >= 0.6 is 11.6 Å². The van der Waals surface area contributed by atoms with E-state index in [0.717, 1.165) is 23.2 Å². The van der Waals surface area contributed by atoms with Crippen molar-refractivity contribution in [2.45, 2.75) is 25.8 Å². The maximum atomic E-state index is 11.4. The molecule has 2 aromatic carbocycles. The monoisotopic (exact) mass is 300 g/mol. The molecule has 4 heteroatoms. The SMILES string of the molecule is Cc1ccccc1CC(N)c1cc2c(cc1Cl)NC(=O)C2. The fourth-order valence-electron chi connectivity index (χ4n) is 2.74. The third kappa shape index (κ3) is 2.80. The normalized spacial score (nSPS) is 14.7. The molecular formula is C17H17ClN2O. The van der Waals surface area contributed by atoms with Gasteiger partial charge in [0.05, 0.1) is 6.42 Å². The summed E-state index contributed by atoms with van der Waals surface area (Å²) < 4.78 is 0. The summed E-state index contributed by atoms with van der Waals surface area (Å²) in [6.07, 6.45) is 1.13. The predicted molar refractivity (Wildman–Crippen MR) is 85.6 cm³/mol. The lowest BCUT2D eigenvalue weighted by Gasteiger charge is -2.16. The summed E-state index contributed by atoms with van der Waals surface area (Å²) in [6.45, 7) is 2.08. The van der Waals surface area contributed by atoms with Gasteiger partial charge in [0.2, 0.25) is 5.91 Å². The van der Waals surface area contributed by atoms with Crippen LogP contribution in [0.2, 0.25) is 5.02 Å². The van der Waals surface area contributed by atoms with Crippen LogP contribution < -0.4 is 11.1 Å². The number of fused-ring (bicyclic) bond motifs is 1. The number of rotatable bonds is 3. The van der Waals surface area contributed by atoms with E-state index in [1.165, 1.54) is 11.1 Å². The molecule has 1 unspecified atom stereocenters. The zero-order chi connectivity index (χ0) is 15.0. The second-order valence-corrected chi connectivity index (χ2v) is 5.90. The van der Waals surface area contributed by atoms with E-state index in [-0.39, 0.29) is 11.9 Å². The zero-order valence-corrected chi connectivity index (χ0v) is 12.6. The van der Waals surface area contributed by atoms with Gasteiger partial charge in [-0.2, -0.15) is 0 Å². The fraction of sp³-hybridized carbons (Fsp3) is 0.235. The highest BCUT2D eigenvalue weighted by Crippen LogP contribution is 2.33. The van der Waals surface area contributed by atoms with Gasteiger partial charge in [0.1, 0.15) is 0 Å². The lowest BCUT2D eigenvalue weighted by atomic mass is 9.95. The van der Waals surface area contributed by atoms with Crippen LogP contribution in [0.5, 0.6) is 0 Å². The van der Waals surface area contributed by atoms with Gasteiger partial charge in [0.15, 0.2) is 0 Å². The van der Waals surface area contributed by atoms with Gasteiger partial charge in [-0.25, -0.2) is 0 Å². The maximum absolute atomic E-state index is 11.4. The fourth-order valence-corrected chi connectivity index (χ4v) is 3.04. The molecule has 0 aromatic heterocycles. The van der Waals surface area contributed by atoms with Crippen LogP contribution in [-0.4, -0.2) is 5.91 Å². The molecule has 0 aliphatic carbocycles. The molecule has 1 aliphatic rings. The molecule has 1 aliphatic heterocycles. The number of amides is 1. The summed E-state index contributed by atoms with van der Waals surface area (Å²) in [4.78, 5) is 11.4. The summed E-state index contributed by atoms with van der Waals surface area (Å²) in [5.41, 5.74) is 11.5. The molecule has 1 heterocycles. The van der Waals surface area contributed by atoms with Crippen LogP contribution in [0.3, 0.4) is 0 Å². The smallest absolute Gasteiger partial charge is 0.228 e. The molecule has 1 atom stereocenters. The Balaban J connectivity index is 1.89. The number of hydrogen-bond acceptors (Lipinski definition) is 2. The van der Waals surface area contributed by atoms with Gasteiger partial charge in [-0.3, -0.25) is 4.79 Å². The summed E-state index contributed by atoms with van der Waals surface area (Å²) in [5, 5.41) is 3.41. The molecule has 3 nitrogen and oxygen atoms in total. The van der Waals surface area contributed by atoms with Crippen molar-refractivity contribution in [2.24, 2.45) is 5.73 Å². The van der Waals surface area contributed by atoms with E-state index >= 15 is 0 Å². The van der Waals surface area contributed by atoms with E-state index in [0.29, 0.717) is 11.4 Å². The van der Waals surface area contributed by atoms with Gasteiger partial charge in [0, 0.05) is 16.8 Å². The van der Waals surface area contributed by atoms with Crippen LogP contribution in [-0.2, 0) is 17.6 Å². The predicted octanol–water partition coefficient (Wildman–Crippen LogP) is 3.39. The third-order valence-corrected chi connectivity index (χ3v) is 4.28. The average molecular weight is 301 g/mol. The zero-order valence-electron chi connectivity index (χ0n) is 11.8. The lowest BCUT2D eigenvalue weighted by molar-refractivity contribution is -0.115. The molecule has 3 rings (SSSR count). The molecule has 3 N–H and O–H groups in total. The quantitative estimate of drug-likeness (QED) is 0.913. The number of carbonyl (C=O) groups excluding carboxylic acids is 1. The Morgan fingerprint density at radius 1 is 1.33 bits per heavy atom. The molecule has 0 saturated heterocycles. The Morgan fingerprint density at radius 2 is 2.10 bits per heavy atom. The Kier molecular flexibility index (Phi) is 3.70. The van der Waals surface area contributed by atoms with E-state index in [1.807, 2.05) is 18.2 Å². The first kappa shape index (κ1) is 14.1. The second-order valence-electron chi connectivity index (χ2n) is 5.49. The van der Waals surface area contributed by atoms with Crippen LogP contribution in [0.25, 0.3) is 0 Å². The minimum absolute atomic E-state index is 0.00527. The molecule has 0 spiro atoms. The van der Waals surface area contributed by atoms with Crippen molar-refractivity contribution in [3.63, 3.8) is 0 Å². The molecule has 0 radical (unpaired) electrons. The lowest BCUT2D eigenvalue weighted by Crippen LogP contribution is -2.15. The van der Waals surface area contributed by atoms with E-state index in [2.05, 4.69) is 24.4 Å². The van der Waals surface area contributed by atoms with E-state index < -0.39 is 0 Å². The Bertz CT molecular complexity index is 712. The Labute approximate surface area is 129 Å². The van der Waals surface area contributed by atoms with Gasteiger partial charge in [0.25, 0.3) is 0 Å². The third-order valence-electron chi connectivity index (χ3n) is 3.95. The minimum atomic E-state index is -0.181. The number of nitrogens with two attached hydrogens (primary N) is 1. The topological polar surface area (TPSA) is 55.1 Å². The first-order valence-electron chi connectivity index (χ1n) is 6.97. The summed E-state index contributed by atoms with van der Waals surface area (Å²) in [6, 6.07) is 11.8. The molecular weight excluding hydrogens is 284 g/mol. The standard InChI is InChI=1S/C17H17ClN2O/c1-10-4-2-3-5-11(10)7-15(19)13-6-12-8-17(21)20-16(12)9-14(13)18/h2-6,9,15H,7-8,19H2,1H3,(H,20,21). The highest BCUT2D eigenvalue weighted by molar-refractivity contribution is 6.32.